The van der Waals surface area contributed by atoms with Crippen LogP contribution in [0.3, 0.4) is 0 Å². The smallest absolute Gasteiger partial charge is 1.00 e. The molecule has 25 heteroatoms. The van der Waals surface area contributed by atoms with Gasteiger partial charge in [-0.05, 0) is 183 Å². The fraction of sp³-hybridized carbons (Fsp3) is 0.377. The zero-order valence-electron chi connectivity index (χ0n) is 50.6. The summed E-state index contributed by atoms with van der Waals surface area (Å²) in [6, 6.07) is 14.9. The van der Waals surface area contributed by atoms with Crippen molar-refractivity contribution in [3.8, 4) is 22.3 Å². The summed E-state index contributed by atoms with van der Waals surface area (Å²) in [6.45, 7) is 20.2. The quantitative estimate of drug-likeness (QED) is 0.0335. The Morgan fingerprint density at radius 1 is 0.686 bits per heavy atom. The SMILES string of the molecule is CCC[I-]Br.COC(=O)c1cc(-c2c(C)noc2C)cc2c1nc(C1CC1)n2C(=O)OC(C)(C)C.Cc1noc(C)c1-c1cc(C(O)(c2ccc(F)cn2)c2ccc(F)cn2)c2nc(C3CC3)n(C(=O)OC(C)(C)C)c2c1.Fc1ccc(Br)nc1.[H-].[Mg+2]. The third-order valence-corrected chi connectivity index (χ3v) is 17.2. The average Bonchev–Trinajstić information content (AvgIpc) is 1.45. The van der Waals surface area contributed by atoms with Gasteiger partial charge in [0.25, 0.3) is 0 Å². The third-order valence-electron chi connectivity index (χ3n) is 13.2. The van der Waals surface area contributed by atoms with E-state index in [4.69, 9.17) is 28.2 Å². The van der Waals surface area contributed by atoms with Crippen molar-refractivity contribution >= 4 is 91.9 Å². The molecule has 11 rings (SSSR count). The second-order valence-corrected chi connectivity index (χ2v) is 27.6. The predicted octanol–water partition coefficient (Wildman–Crippen LogP) is 11.6. The molecular weight excluding hydrogens is 1370 g/mol. The molecule has 7 heterocycles. The number of halogens is 6. The van der Waals surface area contributed by atoms with Gasteiger partial charge >= 0.3 is 90.7 Å². The van der Waals surface area contributed by atoms with Crippen LogP contribution in [0, 0.1) is 45.1 Å². The first-order chi connectivity index (χ1) is 40.2. The number of rotatable bonds is 10. The monoisotopic (exact) mass is 1430 g/mol. The van der Waals surface area contributed by atoms with Gasteiger partial charge in [0.2, 0.25) is 0 Å². The molecule has 2 aliphatic rings. The second-order valence-electron chi connectivity index (χ2n) is 22.3. The number of esters is 1. The molecule has 0 amide bonds. The zero-order chi connectivity index (χ0) is 61.9. The van der Waals surface area contributed by atoms with E-state index in [0.717, 1.165) is 49.8 Å². The molecule has 0 aliphatic heterocycles. The summed E-state index contributed by atoms with van der Waals surface area (Å²) in [4.78, 5) is 61.0. The maximum absolute atomic E-state index is 14.0. The maximum atomic E-state index is 14.0. The molecule has 0 saturated heterocycles. The van der Waals surface area contributed by atoms with Crippen molar-refractivity contribution in [2.24, 2.45) is 0 Å². The Labute approximate surface area is 537 Å². The van der Waals surface area contributed by atoms with Gasteiger partial charge in [0, 0.05) is 28.5 Å². The molecule has 0 spiro atoms. The fourth-order valence-electron chi connectivity index (χ4n) is 9.26. The number of fused-ring (bicyclic) bond motifs is 2. The number of benzene rings is 2. The Hall–Kier alpha value is -6.13. The van der Waals surface area contributed by atoms with Crippen LogP contribution in [-0.4, -0.2) is 113 Å². The third kappa shape index (κ3) is 15.6. The molecule has 18 nitrogen and oxygen atoms in total. The molecule has 2 aromatic carbocycles. The molecule has 2 aliphatic carbocycles. The number of carbonyl (C=O) groups excluding carboxylic acids is 3. The zero-order valence-corrected chi connectivity index (χ0v) is 56.4. The minimum absolute atomic E-state index is 0. The largest absolute Gasteiger partial charge is 2.00 e. The molecule has 0 unspecified atom stereocenters. The number of ether oxygens (including phenoxy) is 3. The Morgan fingerprint density at radius 2 is 1.12 bits per heavy atom. The van der Waals surface area contributed by atoms with Gasteiger partial charge in [-0.2, -0.15) is 0 Å². The number of nitrogens with zero attached hydrogens (tertiary/aromatic N) is 9. The Bertz CT molecular complexity index is 3790. The number of imidazole rings is 2. The number of hydrogen-bond acceptors (Lipinski definition) is 16. The summed E-state index contributed by atoms with van der Waals surface area (Å²) >= 11 is 6.91. The van der Waals surface area contributed by atoms with E-state index in [1.165, 1.54) is 57.4 Å². The van der Waals surface area contributed by atoms with E-state index >= 15 is 0 Å². The molecule has 0 radical (unpaired) electrons. The van der Waals surface area contributed by atoms with E-state index in [2.05, 4.69) is 65.8 Å². The summed E-state index contributed by atoms with van der Waals surface area (Å²) in [5, 5.41) is 20.8. The van der Waals surface area contributed by atoms with Crippen molar-refractivity contribution in [2.45, 2.75) is 137 Å². The summed E-state index contributed by atoms with van der Waals surface area (Å²) in [6.07, 6.45) is 6.89. The van der Waals surface area contributed by atoms with E-state index in [-0.39, 0.29) is 70.2 Å². The normalized spacial score (nSPS) is 13.2. The predicted molar refractivity (Wildman–Crippen MR) is 321 cm³/mol. The number of alkyl halides is 1. The van der Waals surface area contributed by atoms with Crippen molar-refractivity contribution < 1.29 is 76.3 Å². The van der Waals surface area contributed by atoms with Gasteiger partial charge in [0.05, 0.1) is 70.6 Å². The van der Waals surface area contributed by atoms with Crippen molar-refractivity contribution in [1.82, 2.24) is 44.4 Å². The van der Waals surface area contributed by atoms with Crippen LogP contribution in [-0.2, 0) is 19.8 Å². The molecule has 2 fully saturated rings. The van der Waals surface area contributed by atoms with Crippen LogP contribution in [0.15, 0.2) is 92.9 Å². The average molecular weight is 1440 g/mol. The molecular formula is C61H65Br2F3IMgN9O9. The topological polar surface area (TPSA) is 226 Å². The molecule has 9 aromatic rings. The van der Waals surface area contributed by atoms with Crippen LogP contribution in [0.1, 0.15) is 156 Å². The molecule has 0 bridgehead atoms. The van der Waals surface area contributed by atoms with E-state index in [1.54, 1.807) is 65.8 Å². The number of hydrogen-bond donors (Lipinski definition) is 1. The van der Waals surface area contributed by atoms with Gasteiger partial charge in [-0.15, -0.1) is 0 Å². The maximum Gasteiger partial charge on any atom is 2.00 e. The van der Waals surface area contributed by atoms with Gasteiger partial charge < -0.3 is 29.8 Å². The Balaban J connectivity index is 0.000000233. The second kappa shape index (κ2) is 27.9. The summed E-state index contributed by atoms with van der Waals surface area (Å²) in [5.74, 6) is 0.386. The van der Waals surface area contributed by atoms with Crippen LogP contribution in [0.2, 0.25) is 0 Å². The van der Waals surface area contributed by atoms with Crippen LogP contribution >= 0.6 is 28.6 Å². The minimum Gasteiger partial charge on any atom is -1.00 e. The van der Waals surface area contributed by atoms with Gasteiger partial charge in [-0.3, -0.25) is 9.97 Å². The van der Waals surface area contributed by atoms with Gasteiger partial charge in [0.1, 0.15) is 61.9 Å². The standard InChI is InChI=1S/C31H29F2N5O4.C22H25N3O5.C5H3BrFN.C3H7BrI.Mg.H/c1-16-26(17(2)42-37-16)19-12-22(31(40,24-10-8-20(32)14-34-24)25-11-9-21(33)15-35-25)27-23(13-19)38(28(36-27)18-6-7-18)29(39)41-30(3,4)5;1-11-17(12(2)30-24-11)14-9-15(20(26)28-6)18-16(10-14)25(19(23-18)13-7-8-13)21(27)29-22(3,4)5;6-5-2-1-4(7)3-8-5;1-2-3-5-4;;/h8-15,18,40H,6-7H2,1-5H3;9-10,13H,7-8H2,1-6H3;1-3H;2-3H2,1H3;;/q;;;-1;+2;-1. The summed E-state index contributed by atoms with van der Waals surface area (Å²) in [7, 11) is 1.32. The van der Waals surface area contributed by atoms with Crippen molar-refractivity contribution in [1.29, 1.82) is 0 Å². The van der Waals surface area contributed by atoms with Crippen molar-refractivity contribution in [3.05, 3.63) is 158 Å². The van der Waals surface area contributed by atoms with Gasteiger partial charge in [0.15, 0.2) is 5.60 Å². The molecule has 1 N–H and O–H groups in total. The number of aryl methyl sites for hydroxylation is 4. The first-order valence-electron chi connectivity index (χ1n) is 27.2. The van der Waals surface area contributed by atoms with Crippen molar-refractivity contribution in [2.75, 3.05) is 11.5 Å². The van der Waals surface area contributed by atoms with Crippen LogP contribution < -0.4 is 19.0 Å². The number of aromatic nitrogens is 9. The molecule has 7 aromatic heterocycles. The van der Waals surface area contributed by atoms with E-state index in [1.807, 2.05) is 33.8 Å². The molecule has 2 saturated carbocycles. The van der Waals surface area contributed by atoms with Gasteiger partial charge in [-0.1, -0.05) is 10.3 Å². The number of carbonyl (C=O) groups is 3. The first kappa shape index (κ1) is 67.4. The van der Waals surface area contributed by atoms with E-state index in [0.29, 0.717) is 91.4 Å². The van der Waals surface area contributed by atoms with E-state index in [9.17, 15) is 32.7 Å². The Morgan fingerprint density at radius 3 is 1.45 bits per heavy atom. The molecule has 86 heavy (non-hydrogen) atoms. The van der Waals surface area contributed by atoms with Crippen LogP contribution in [0.4, 0.5) is 22.8 Å². The number of pyridine rings is 3. The van der Waals surface area contributed by atoms with Gasteiger partial charge in [-0.25, -0.2) is 51.6 Å². The van der Waals surface area contributed by atoms with Crippen molar-refractivity contribution in [3.63, 3.8) is 0 Å². The van der Waals surface area contributed by atoms with Crippen LogP contribution in [0.5, 0.6) is 0 Å². The molecule has 0 atom stereocenters. The fourth-order valence-corrected chi connectivity index (χ4v) is 11.9. The number of aliphatic hydroxyl groups is 1. The van der Waals surface area contributed by atoms with Crippen LogP contribution in [0.25, 0.3) is 44.3 Å². The Kier molecular flexibility index (Phi) is 21.9. The first-order valence-corrected chi connectivity index (χ1v) is 34.3. The summed E-state index contributed by atoms with van der Waals surface area (Å²) in [5.41, 5.74) is 2.53. The number of methoxy groups -OCH3 is 1. The van der Waals surface area contributed by atoms with E-state index < -0.39 is 46.6 Å². The molecule has 452 valence electrons. The minimum atomic E-state index is -2.14. The summed E-state index contributed by atoms with van der Waals surface area (Å²) < 4.78 is 72.2.